The molecule has 0 amide bonds. The first-order chi connectivity index (χ1) is 16.4. The van der Waals surface area contributed by atoms with Gasteiger partial charge in [-0.2, -0.15) is 0 Å². The highest BCUT2D eigenvalue weighted by Crippen LogP contribution is 2.21. The first-order valence-corrected chi connectivity index (χ1v) is 15.2. The van der Waals surface area contributed by atoms with Crippen LogP contribution in [0.25, 0.3) is 0 Å². The normalized spacial score (nSPS) is 14.0. The van der Waals surface area contributed by atoms with Gasteiger partial charge in [0, 0.05) is 5.57 Å². The average molecular weight is 479 g/mol. The lowest BCUT2D eigenvalue weighted by Gasteiger charge is -2.17. The van der Waals surface area contributed by atoms with Gasteiger partial charge < -0.3 is 4.74 Å². The summed E-state index contributed by atoms with van der Waals surface area (Å²) in [5.74, 6) is 2.10. The minimum absolute atomic E-state index is 0.223. The summed E-state index contributed by atoms with van der Waals surface area (Å²) in [6, 6.07) is 0. The molecule has 0 heterocycles. The van der Waals surface area contributed by atoms with Crippen molar-refractivity contribution in [1.29, 1.82) is 0 Å². The van der Waals surface area contributed by atoms with Crippen molar-refractivity contribution >= 4 is 5.97 Å². The molecule has 0 aliphatic heterocycles. The Hall–Kier alpha value is -0.790. The summed E-state index contributed by atoms with van der Waals surface area (Å²) in [5, 5.41) is 0. The fourth-order valence-electron chi connectivity index (χ4n) is 4.66. The molecule has 2 nitrogen and oxygen atoms in total. The van der Waals surface area contributed by atoms with Gasteiger partial charge in [-0.15, -0.1) is 0 Å². The summed E-state index contributed by atoms with van der Waals surface area (Å²) >= 11 is 0. The Kier molecular flexibility index (Phi) is 23.4. The van der Waals surface area contributed by atoms with Crippen LogP contribution in [0, 0.1) is 17.8 Å². The molecular weight excluding hydrogens is 416 g/mol. The van der Waals surface area contributed by atoms with Crippen LogP contribution < -0.4 is 0 Å². The van der Waals surface area contributed by atoms with Crippen LogP contribution in [0.5, 0.6) is 0 Å². The quantitative estimate of drug-likeness (QED) is 0.0740. The highest BCUT2D eigenvalue weighted by Gasteiger charge is 2.12. The van der Waals surface area contributed by atoms with E-state index in [9.17, 15) is 4.79 Å². The summed E-state index contributed by atoms with van der Waals surface area (Å²) in [4.78, 5) is 11.8. The molecule has 0 spiro atoms. The van der Waals surface area contributed by atoms with E-state index >= 15 is 0 Å². The van der Waals surface area contributed by atoms with Crippen molar-refractivity contribution in [2.75, 3.05) is 6.61 Å². The lowest BCUT2D eigenvalue weighted by molar-refractivity contribution is -0.140. The van der Waals surface area contributed by atoms with E-state index in [1.54, 1.807) is 6.92 Å². The molecule has 0 N–H and O–H groups in total. The number of esters is 1. The molecular formula is C32H62O2. The lowest BCUT2D eigenvalue weighted by atomic mass is 9.94. The maximum absolute atomic E-state index is 11.8. The van der Waals surface area contributed by atoms with Crippen LogP contribution in [0.1, 0.15) is 163 Å². The minimum Gasteiger partial charge on any atom is -0.462 e. The van der Waals surface area contributed by atoms with Gasteiger partial charge in [-0.05, 0) is 37.5 Å². The molecule has 0 saturated heterocycles. The van der Waals surface area contributed by atoms with Crippen molar-refractivity contribution in [3.05, 3.63) is 12.2 Å². The molecule has 0 bridgehead atoms. The summed E-state index contributed by atoms with van der Waals surface area (Å²) < 4.78 is 5.53. The summed E-state index contributed by atoms with van der Waals surface area (Å²) in [5.41, 5.74) is 0.514. The lowest BCUT2D eigenvalue weighted by Crippen LogP contribution is -2.15. The third-order valence-electron chi connectivity index (χ3n) is 7.81. The Labute approximate surface area is 215 Å². The molecule has 202 valence electrons. The number of ether oxygens (including phenoxy) is 1. The topological polar surface area (TPSA) is 26.3 Å². The third-order valence-corrected chi connectivity index (χ3v) is 7.81. The molecule has 0 aromatic heterocycles. The third kappa shape index (κ3) is 21.7. The Morgan fingerprint density at radius 2 is 0.941 bits per heavy atom. The van der Waals surface area contributed by atoms with Crippen LogP contribution in [0.3, 0.4) is 0 Å². The SMILES string of the molecule is C=C(C)C(=O)OCC(CCCCCCCCCCC(C)CC)CCCCCCCCC(C)CC. The highest BCUT2D eigenvalue weighted by atomic mass is 16.5. The monoisotopic (exact) mass is 478 g/mol. The first-order valence-electron chi connectivity index (χ1n) is 15.2. The van der Waals surface area contributed by atoms with E-state index in [0.717, 1.165) is 11.8 Å². The second-order valence-electron chi connectivity index (χ2n) is 11.4. The van der Waals surface area contributed by atoms with E-state index in [1.807, 2.05) is 0 Å². The number of hydrogen-bond donors (Lipinski definition) is 0. The van der Waals surface area contributed by atoms with E-state index < -0.39 is 0 Å². The molecule has 34 heavy (non-hydrogen) atoms. The fourth-order valence-corrected chi connectivity index (χ4v) is 4.66. The van der Waals surface area contributed by atoms with Crippen molar-refractivity contribution in [1.82, 2.24) is 0 Å². The molecule has 0 saturated carbocycles. The maximum atomic E-state index is 11.8. The molecule has 0 aliphatic rings. The van der Waals surface area contributed by atoms with Gasteiger partial charge in [0.15, 0.2) is 0 Å². The van der Waals surface area contributed by atoms with E-state index in [1.165, 1.54) is 128 Å². The fraction of sp³-hybridized carbons (Fsp3) is 0.906. The molecule has 2 heteroatoms. The molecule has 0 aromatic rings. The van der Waals surface area contributed by atoms with Crippen molar-refractivity contribution in [2.45, 2.75) is 163 Å². The summed E-state index contributed by atoms with van der Waals surface area (Å²) in [7, 11) is 0. The van der Waals surface area contributed by atoms with Gasteiger partial charge in [-0.1, -0.05) is 150 Å². The molecule has 0 radical (unpaired) electrons. The van der Waals surface area contributed by atoms with E-state index in [-0.39, 0.29) is 5.97 Å². The Bertz CT molecular complexity index is 470. The van der Waals surface area contributed by atoms with Gasteiger partial charge in [0.1, 0.15) is 0 Å². The van der Waals surface area contributed by atoms with Gasteiger partial charge in [-0.3, -0.25) is 0 Å². The summed E-state index contributed by atoms with van der Waals surface area (Å²) in [6.07, 6.45) is 27.0. The van der Waals surface area contributed by atoms with Crippen LogP contribution in [-0.4, -0.2) is 12.6 Å². The number of rotatable bonds is 25. The van der Waals surface area contributed by atoms with Crippen molar-refractivity contribution in [2.24, 2.45) is 17.8 Å². The maximum Gasteiger partial charge on any atom is 0.333 e. The average Bonchev–Trinajstić information content (AvgIpc) is 2.83. The second-order valence-corrected chi connectivity index (χ2v) is 11.4. The van der Waals surface area contributed by atoms with Gasteiger partial charge in [0.2, 0.25) is 0 Å². The van der Waals surface area contributed by atoms with E-state index in [2.05, 4.69) is 34.3 Å². The highest BCUT2D eigenvalue weighted by molar-refractivity contribution is 5.86. The number of hydrogen-bond acceptors (Lipinski definition) is 2. The standard InChI is InChI=1S/C32H62O2/c1-7-29(5)23-19-15-11-9-10-12-17-21-25-31(27-34-32(33)28(3)4)26-22-18-14-13-16-20-24-30(6)8-2/h29-31H,3,7-27H2,1-2,4-6H3. The van der Waals surface area contributed by atoms with Gasteiger partial charge >= 0.3 is 5.97 Å². The van der Waals surface area contributed by atoms with Crippen LogP contribution >= 0.6 is 0 Å². The Morgan fingerprint density at radius 1 is 0.618 bits per heavy atom. The predicted molar refractivity (Wildman–Crippen MR) is 151 cm³/mol. The Balaban J connectivity index is 3.91. The Morgan fingerprint density at radius 3 is 1.26 bits per heavy atom. The zero-order valence-corrected chi connectivity index (χ0v) is 24.1. The number of carbonyl (C=O) groups is 1. The van der Waals surface area contributed by atoms with Crippen molar-refractivity contribution in [3.8, 4) is 0 Å². The van der Waals surface area contributed by atoms with Gasteiger partial charge in [-0.25, -0.2) is 4.79 Å². The predicted octanol–water partition coefficient (Wildman–Crippen LogP) is 10.8. The molecule has 0 rings (SSSR count). The van der Waals surface area contributed by atoms with Crippen LogP contribution in [0.2, 0.25) is 0 Å². The zero-order valence-electron chi connectivity index (χ0n) is 24.1. The molecule has 3 unspecified atom stereocenters. The van der Waals surface area contributed by atoms with Crippen LogP contribution in [-0.2, 0) is 9.53 Å². The molecule has 0 fully saturated rings. The van der Waals surface area contributed by atoms with Crippen molar-refractivity contribution in [3.63, 3.8) is 0 Å². The zero-order chi connectivity index (χ0) is 25.4. The number of unbranched alkanes of at least 4 members (excludes halogenated alkanes) is 12. The number of carbonyl (C=O) groups excluding carboxylic acids is 1. The minimum atomic E-state index is -0.223. The van der Waals surface area contributed by atoms with E-state index in [4.69, 9.17) is 4.74 Å². The van der Waals surface area contributed by atoms with Crippen LogP contribution in [0.4, 0.5) is 0 Å². The summed E-state index contributed by atoms with van der Waals surface area (Å²) in [6.45, 7) is 15.4. The second kappa shape index (κ2) is 23.9. The van der Waals surface area contributed by atoms with Crippen molar-refractivity contribution < 1.29 is 9.53 Å². The molecule has 0 aromatic carbocycles. The van der Waals surface area contributed by atoms with Crippen LogP contribution in [0.15, 0.2) is 12.2 Å². The molecule has 3 atom stereocenters. The van der Waals surface area contributed by atoms with Gasteiger partial charge in [0.25, 0.3) is 0 Å². The first kappa shape index (κ1) is 33.2. The largest absolute Gasteiger partial charge is 0.462 e. The van der Waals surface area contributed by atoms with Gasteiger partial charge in [0.05, 0.1) is 6.61 Å². The smallest absolute Gasteiger partial charge is 0.333 e. The molecule has 0 aliphatic carbocycles. The van der Waals surface area contributed by atoms with E-state index in [0.29, 0.717) is 18.1 Å².